The maximum absolute atomic E-state index is 12.7. The van der Waals surface area contributed by atoms with Gasteiger partial charge in [-0.05, 0) is 42.7 Å². The number of pyridine rings is 1. The molecule has 31 heavy (non-hydrogen) atoms. The topological polar surface area (TPSA) is 78.4 Å². The highest BCUT2D eigenvalue weighted by Crippen LogP contribution is 2.59. The van der Waals surface area contributed by atoms with Gasteiger partial charge >= 0.3 is 6.61 Å². The molecule has 9 heteroatoms. The van der Waals surface area contributed by atoms with Crippen molar-refractivity contribution < 1.29 is 18.3 Å². The molecule has 0 aromatic carbocycles. The summed E-state index contributed by atoms with van der Waals surface area (Å²) in [6, 6.07) is 4.23. The lowest BCUT2D eigenvalue weighted by Crippen LogP contribution is -2.48. The molecule has 0 bridgehead atoms. The largest absolute Gasteiger partial charge is 0.431 e. The quantitative estimate of drug-likeness (QED) is 0.726. The fraction of sp³-hybridized carbons (Fsp3) is 0.636. The van der Waals surface area contributed by atoms with Gasteiger partial charge in [0, 0.05) is 43.0 Å². The van der Waals surface area contributed by atoms with E-state index >= 15 is 0 Å². The Morgan fingerprint density at radius 3 is 2.58 bits per heavy atom. The molecule has 2 aliphatic carbocycles. The number of halogens is 2. The summed E-state index contributed by atoms with van der Waals surface area (Å²) in [6.45, 7) is 1.96. The molecule has 3 atom stereocenters. The number of ether oxygens (including phenoxy) is 2. The third kappa shape index (κ3) is 3.47. The lowest BCUT2D eigenvalue weighted by molar-refractivity contribution is -0.0610. The number of hydrogen-bond donors (Lipinski definition) is 1. The Morgan fingerprint density at radius 1 is 1.19 bits per heavy atom. The molecule has 2 aromatic heterocycles. The van der Waals surface area contributed by atoms with E-state index in [1.807, 2.05) is 0 Å². The molecule has 2 aromatic rings. The van der Waals surface area contributed by atoms with Crippen molar-refractivity contribution in [2.24, 2.45) is 17.8 Å². The first-order valence-corrected chi connectivity index (χ1v) is 11.2. The molecular weight excluding hydrogens is 404 g/mol. The van der Waals surface area contributed by atoms with Crippen LogP contribution >= 0.6 is 0 Å². The molecule has 0 radical (unpaired) electrons. The second-order valence-corrected chi connectivity index (χ2v) is 9.42. The molecular formula is C22H27F2N5O2. The Labute approximate surface area is 179 Å². The van der Waals surface area contributed by atoms with Crippen molar-refractivity contribution >= 4 is 5.82 Å². The van der Waals surface area contributed by atoms with E-state index in [9.17, 15) is 8.78 Å². The maximum atomic E-state index is 12.7. The van der Waals surface area contributed by atoms with Gasteiger partial charge < -0.3 is 15.2 Å². The van der Waals surface area contributed by atoms with Gasteiger partial charge in [0.05, 0.1) is 24.9 Å². The number of likely N-dealkylation sites (tertiary alicyclic amines) is 1. The van der Waals surface area contributed by atoms with Crippen molar-refractivity contribution in [2.75, 3.05) is 32.0 Å². The average Bonchev–Trinajstić information content (AvgIpc) is 3.00. The number of nitrogen functional groups attached to an aromatic ring is 1. The number of anilines is 1. The van der Waals surface area contributed by atoms with Crippen LogP contribution in [0.4, 0.5) is 14.6 Å². The number of nitrogens with zero attached hydrogens (tertiary/aromatic N) is 4. The Hall–Kier alpha value is -2.26. The average molecular weight is 431 g/mol. The molecule has 4 aliphatic rings. The van der Waals surface area contributed by atoms with E-state index in [2.05, 4.69) is 25.4 Å². The number of fused-ring (bicyclic) bond motifs is 1. The van der Waals surface area contributed by atoms with Crippen LogP contribution in [-0.2, 0) is 11.3 Å². The van der Waals surface area contributed by atoms with Crippen molar-refractivity contribution in [3.63, 3.8) is 0 Å². The van der Waals surface area contributed by atoms with Crippen LogP contribution in [-0.4, -0.2) is 58.6 Å². The molecule has 7 nitrogen and oxygen atoms in total. The Bertz CT molecular complexity index is 963. The van der Waals surface area contributed by atoms with Gasteiger partial charge in [-0.15, -0.1) is 0 Å². The lowest BCUT2D eigenvalue weighted by Gasteiger charge is -2.36. The van der Waals surface area contributed by atoms with Crippen LogP contribution in [0, 0.1) is 17.8 Å². The summed E-state index contributed by atoms with van der Waals surface area (Å²) >= 11 is 0. The summed E-state index contributed by atoms with van der Waals surface area (Å²) in [6.07, 6.45) is 5.37. The zero-order valence-electron chi connectivity index (χ0n) is 17.3. The number of hydrogen-bond acceptors (Lipinski definition) is 6. The van der Waals surface area contributed by atoms with E-state index in [0.717, 1.165) is 38.5 Å². The minimum Gasteiger partial charge on any atom is -0.431 e. The van der Waals surface area contributed by atoms with E-state index in [0.29, 0.717) is 35.3 Å². The molecule has 4 heterocycles. The third-order valence-corrected chi connectivity index (χ3v) is 7.56. The molecule has 0 amide bonds. The highest BCUT2D eigenvalue weighted by molar-refractivity contribution is 5.64. The number of alkyl halides is 2. The van der Waals surface area contributed by atoms with E-state index in [1.54, 1.807) is 6.20 Å². The summed E-state index contributed by atoms with van der Waals surface area (Å²) < 4.78 is 37.5. The predicted octanol–water partition coefficient (Wildman–Crippen LogP) is 2.97. The summed E-state index contributed by atoms with van der Waals surface area (Å²) in [7, 11) is 0. The van der Waals surface area contributed by atoms with Crippen LogP contribution in [0.15, 0.2) is 18.3 Å². The summed E-state index contributed by atoms with van der Waals surface area (Å²) in [4.78, 5) is 6.62. The first-order valence-electron chi connectivity index (χ1n) is 11.2. The standard InChI is InChI=1S/C22H27F2N5O2/c23-22(24)31-19-4-13(6-26-21(19)25)17-5-18(29(27-17)7-12-2-1-3-12)20-15-8-28(9-16(15)20)14-10-30-11-14/h4-6,12,14-16,20,22H,1-3,7-11H2,(H2,25,26)/t15-,16+,20-. The molecule has 6 rings (SSSR count). The highest BCUT2D eigenvalue weighted by atomic mass is 19.3. The summed E-state index contributed by atoms with van der Waals surface area (Å²) in [5.41, 5.74) is 8.38. The van der Waals surface area contributed by atoms with Gasteiger partial charge in [0.2, 0.25) is 0 Å². The van der Waals surface area contributed by atoms with Gasteiger partial charge in [0.1, 0.15) is 0 Å². The fourth-order valence-corrected chi connectivity index (χ4v) is 5.42. The molecule has 0 unspecified atom stereocenters. The van der Waals surface area contributed by atoms with Gasteiger partial charge in [-0.2, -0.15) is 13.9 Å². The molecule has 2 aliphatic heterocycles. The van der Waals surface area contributed by atoms with Gasteiger partial charge in [0.25, 0.3) is 0 Å². The normalized spacial score (nSPS) is 28.4. The molecule has 0 spiro atoms. The van der Waals surface area contributed by atoms with Crippen molar-refractivity contribution in [3.05, 3.63) is 24.0 Å². The summed E-state index contributed by atoms with van der Waals surface area (Å²) in [5, 5.41) is 4.88. The molecule has 166 valence electrons. The molecule has 4 fully saturated rings. The number of piperidine rings is 1. The van der Waals surface area contributed by atoms with Gasteiger partial charge in [0.15, 0.2) is 11.6 Å². The Kier molecular flexibility index (Phi) is 4.64. The van der Waals surface area contributed by atoms with Crippen molar-refractivity contribution in [1.29, 1.82) is 0 Å². The highest BCUT2D eigenvalue weighted by Gasteiger charge is 2.58. The number of nitrogens with two attached hydrogens (primary N) is 1. The van der Waals surface area contributed by atoms with Gasteiger partial charge in [-0.3, -0.25) is 9.58 Å². The minimum absolute atomic E-state index is 0.0463. The van der Waals surface area contributed by atoms with Crippen LogP contribution in [0.2, 0.25) is 0 Å². The number of aromatic nitrogens is 3. The van der Waals surface area contributed by atoms with E-state index in [4.69, 9.17) is 15.6 Å². The second-order valence-electron chi connectivity index (χ2n) is 9.42. The molecule has 2 saturated carbocycles. The maximum Gasteiger partial charge on any atom is 0.387 e. The van der Waals surface area contributed by atoms with E-state index < -0.39 is 6.61 Å². The fourth-order valence-electron chi connectivity index (χ4n) is 5.42. The third-order valence-electron chi connectivity index (χ3n) is 7.56. The molecule has 2 saturated heterocycles. The smallest absolute Gasteiger partial charge is 0.387 e. The van der Waals surface area contributed by atoms with Gasteiger partial charge in [-0.25, -0.2) is 4.98 Å². The van der Waals surface area contributed by atoms with E-state index in [1.165, 1.54) is 31.0 Å². The predicted molar refractivity (Wildman–Crippen MR) is 110 cm³/mol. The first kappa shape index (κ1) is 19.4. The zero-order chi connectivity index (χ0) is 21.1. The minimum atomic E-state index is -2.94. The van der Waals surface area contributed by atoms with Crippen LogP contribution in [0.1, 0.15) is 30.9 Å². The number of rotatable bonds is 7. The summed E-state index contributed by atoms with van der Waals surface area (Å²) in [5.74, 6) is 2.40. The van der Waals surface area contributed by atoms with Crippen LogP contribution in [0.25, 0.3) is 11.3 Å². The van der Waals surface area contributed by atoms with Gasteiger partial charge in [-0.1, -0.05) is 6.42 Å². The van der Waals surface area contributed by atoms with E-state index in [-0.39, 0.29) is 11.6 Å². The van der Waals surface area contributed by atoms with Crippen LogP contribution in [0.5, 0.6) is 5.75 Å². The SMILES string of the molecule is Nc1ncc(-c2cc([C@@H]3[C@@H]4CN(C5COC5)C[C@@H]43)n(CC3CCC3)n2)cc1OC(F)F. The van der Waals surface area contributed by atoms with Crippen LogP contribution < -0.4 is 10.5 Å². The monoisotopic (exact) mass is 431 g/mol. The lowest BCUT2D eigenvalue weighted by atomic mass is 9.85. The van der Waals surface area contributed by atoms with Crippen LogP contribution in [0.3, 0.4) is 0 Å². The first-order chi connectivity index (χ1) is 15.1. The van der Waals surface area contributed by atoms with Crippen molar-refractivity contribution in [3.8, 4) is 17.0 Å². The van der Waals surface area contributed by atoms with Crippen molar-refractivity contribution in [1.82, 2.24) is 19.7 Å². The zero-order valence-corrected chi connectivity index (χ0v) is 17.3. The Morgan fingerprint density at radius 2 is 1.97 bits per heavy atom. The Balaban J connectivity index is 1.26. The van der Waals surface area contributed by atoms with Crippen molar-refractivity contribution in [2.45, 2.75) is 44.4 Å². The second kappa shape index (κ2) is 7.41. The molecule has 2 N–H and O–H groups in total.